The zero-order chi connectivity index (χ0) is 19.1. The van der Waals surface area contributed by atoms with Crippen LogP contribution in [0.1, 0.15) is 34.3 Å². The minimum absolute atomic E-state index is 0.0440. The number of aromatic nitrogens is 1. The van der Waals surface area contributed by atoms with Crippen LogP contribution in [-0.2, 0) is 16.1 Å². The topological polar surface area (TPSA) is 97.3 Å². The predicted octanol–water partition coefficient (Wildman–Crippen LogP) is 1.28. The second kappa shape index (κ2) is 8.75. The van der Waals surface area contributed by atoms with Gasteiger partial charge < -0.3 is 4.57 Å². The third-order valence-electron chi connectivity index (χ3n) is 3.96. The molecule has 0 spiro atoms. The Kier molecular flexibility index (Phi) is 6.43. The Bertz CT molecular complexity index is 886. The summed E-state index contributed by atoms with van der Waals surface area (Å²) in [5, 5.41) is 0. The number of amides is 2. The second-order valence-electron chi connectivity index (χ2n) is 5.99. The molecule has 0 unspecified atom stereocenters. The van der Waals surface area contributed by atoms with Gasteiger partial charge in [0, 0.05) is 30.7 Å². The van der Waals surface area contributed by atoms with Crippen LogP contribution < -0.4 is 16.4 Å². The Balaban J connectivity index is 1.77. The molecule has 1 heterocycles. The molecule has 26 heavy (non-hydrogen) atoms. The number of hydrogen-bond donors (Lipinski definition) is 2. The molecule has 1 aromatic heterocycles. The van der Waals surface area contributed by atoms with Crippen molar-refractivity contribution in [1.82, 2.24) is 15.4 Å². The average Bonchev–Trinajstić information content (AvgIpc) is 2.62. The third-order valence-corrected chi connectivity index (χ3v) is 3.96. The fourth-order valence-electron chi connectivity index (χ4n) is 2.27. The Hall–Kier alpha value is -3.22. The van der Waals surface area contributed by atoms with E-state index in [0.717, 1.165) is 11.1 Å². The van der Waals surface area contributed by atoms with E-state index in [9.17, 15) is 19.2 Å². The molecule has 7 nitrogen and oxygen atoms in total. The predicted molar refractivity (Wildman–Crippen MR) is 96.5 cm³/mol. The van der Waals surface area contributed by atoms with Crippen LogP contribution in [0, 0.1) is 13.8 Å². The molecule has 0 radical (unpaired) electrons. The maximum atomic E-state index is 12.1. The van der Waals surface area contributed by atoms with Crippen molar-refractivity contribution >= 4 is 17.6 Å². The smallest absolute Gasteiger partial charge is 0.258 e. The molecule has 0 fully saturated rings. The monoisotopic (exact) mass is 355 g/mol. The van der Waals surface area contributed by atoms with E-state index in [4.69, 9.17) is 0 Å². The van der Waals surface area contributed by atoms with Gasteiger partial charge in [-0.15, -0.1) is 0 Å². The van der Waals surface area contributed by atoms with E-state index in [1.54, 1.807) is 24.3 Å². The van der Waals surface area contributed by atoms with Crippen LogP contribution in [0.2, 0.25) is 0 Å². The summed E-state index contributed by atoms with van der Waals surface area (Å²) in [6, 6.07) is 9.95. The first-order valence-corrected chi connectivity index (χ1v) is 8.20. The van der Waals surface area contributed by atoms with E-state index < -0.39 is 11.8 Å². The largest absolute Gasteiger partial charge is 0.306 e. The van der Waals surface area contributed by atoms with Gasteiger partial charge in [0.05, 0.1) is 0 Å². The fraction of sp³-hybridized carbons (Fsp3) is 0.263. The van der Waals surface area contributed by atoms with E-state index in [0.29, 0.717) is 5.56 Å². The van der Waals surface area contributed by atoms with Gasteiger partial charge in [0.15, 0.2) is 5.78 Å². The first kappa shape index (κ1) is 19.1. The fourth-order valence-corrected chi connectivity index (χ4v) is 2.27. The number of nitrogens with one attached hydrogen (secondary N) is 2. The summed E-state index contributed by atoms with van der Waals surface area (Å²) in [5.74, 6) is -1.14. The van der Waals surface area contributed by atoms with Crippen LogP contribution in [0.3, 0.4) is 0 Å². The molecule has 0 aliphatic carbocycles. The van der Waals surface area contributed by atoms with Gasteiger partial charge in [-0.2, -0.15) is 0 Å². The molecule has 0 aliphatic heterocycles. The number of hydrogen-bond acceptors (Lipinski definition) is 4. The summed E-state index contributed by atoms with van der Waals surface area (Å²) in [7, 11) is 0. The lowest BCUT2D eigenvalue weighted by atomic mass is 10.0. The Morgan fingerprint density at radius 1 is 0.923 bits per heavy atom. The van der Waals surface area contributed by atoms with Gasteiger partial charge in [-0.1, -0.05) is 18.2 Å². The first-order chi connectivity index (χ1) is 12.4. The number of carbonyl (C=O) groups is 3. The standard InChI is InChI=1S/C19H21N3O4/c1-13-6-7-15(11-14(13)2)16(23)8-9-17(24)20-21-18(25)12-22-10-4-3-5-19(22)26/h3-7,10-11H,8-9,12H2,1-2H3,(H,20,24)(H,21,25). The van der Waals surface area contributed by atoms with Crippen LogP contribution in [0.4, 0.5) is 0 Å². The summed E-state index contributed by atoms with van der Waals surface area (Å²) >= 11 is 0. The van der Waals surface area contributed by atoms with Crippen molar-refractivity contribution < 1.29 is 14.4 Å². The minimum Gasteiger partial charge on any atom is -0.306 e. The van der Waals surface area contributed by atoms with Crippen LogP contribution in [-0.4, -0.2) is 22.2 Å². The van der Waals surface area contributed by atoms with Crippen LogP contribution in [0.25, 0.3) is 0 Å². The molecule has 0 aliphatic rings. The highest BCUT2D eigenvalue weighted by molar-refractivity contribution is 5.98. The lowest BCUT2D eigenvalue weighted by molar-refractivity contribution is -0.129. The molecular formula is C19H21N3O4. The van der Waals surface area contributed by atoms with E-state index in [1.807, 2.05) is 19.9 Å². The van der Waals surface area contributed by atoms with Gasteiger partial charge in [-0.05, 0) is 37.1 Å². The van der Waals surface area contributed by atoms with E-state index >= 15 is 0 Å². The van der Waals surface area contributed by atoms with Crippen molar-refractivity contribution in [2.45, 2.75) is 33.2 Å². The summed E-state index contributed by atoms with van der Waals surface area (Å²) in [6.07, 6.45) is 1.48. The first-order valence-electron chi connectivity index (χ1n) is 8.20. The van der Waals surface area contributed by atoms with Gasteiger partial charge in [0.2, 0.25) is 5.91 Å². The molecular weight excluding hydrogens is 334 g/mol. The number of Topliss-reactive ketones (excluding diaryl/α,β-unsaturated/α-hetero) is 1. The molecule has 2 amide bonds. The average molecular weight is 355 g/mol. The van der Waals surface area contributed by atoms with Gasteiger partial charge >= 0.3 is 0 Å². The van der Waals surface area contributed by atoms with Gasteiger partial charge in [0.25, 0.3) is 11.5 Å². The molecule has 1 aromatic carbocycles. The van der Waals surface area contributed by atoms with Crippen molar-refractivity contribution in [1.29, 1.82) is 0 Å². The van der Waals surface area contributed by atoms with E-state index in [2.05, 4.69) is 10.9 Å². The van der Waals surface area contributed by atoms with Crippen LogP contribution >= 0.6 is 0 Å². The molecule has 0 bridgehead atoms. The third kappa shape index (κ3) is 5.41. The second-order valence-corrected chi connectivity index (χ2v) is 5.99. The Morgan fingerprint density at radius 2 is 1.65 bits per heavy atom. The number of nitrogens with zero attached hydrogens (tertiary/aromatic N) is 1. The van der Waals surface area contributed by atoms with Crippen LogP contribution in [0.5, 0.6) is 0 Å². The number of benzene rings is 1. The maximum absolute atomic E-state index is 12.1. The van der Waals surface area contributed by atoms with E-state index in [-0.39, 0.29) is 30.7 Å². The molecule has 136 valence electrons. The van der Waals surface area contributed by atoms with Crippen molar-refractivity contribution in [3.63, 3.8) is 0 Å². The summed E-state index contributed by atoms with van der Waals surface area (Å²) in [6.45, 7) is 3.68. The summed E-state index contributed by atoms with van der Waals surface area (Å²) in [4.78, 5) is 47.2. The van der Waals surface area contributed by atoms with Crippen molar-refractivity contribution in [2.24, 2.45) is 0 Å². The van der Waals surface area contributed by atoms with Crippen LogP contribution in [0.15, 0.2) is 47.4 Å². The zero-order valence-corrected chi connectivity index (χ0v) is 14.7. The molecule has 0 atom stereocenters. The van der Waals surface area contributed by atoms with E-state index in [1.165, 1.54) is 16.8 Å². The Morgan fingerprint density at radius 3 is 2.35 bits per heavy atom. The lowest BCUT2D eigenvalue weighted by Gasteiger charge is -2.09. The zero-order valence-electron chi connectivity index (χ0n) is 14.7. The molecule has 0 saturated carbocycles. The van der Waals surface area contributed by atoms with Crippen molar-refractivity contribution in [2.75, 3.05) is 0 Å². The molecule has 7 heteroatoms. The highest BCUT2D eigenvalue weighted by Crippen LogP contribution is 2.12. The molecule has 2 aromatic rings. The normalized spacial score (nSPS) is 10.2. The van der Waals surface area contributed by atoms with Crippen molar-refractivity contribution in [3.8, 4) is 0 Å². The van der Waals surface area contributed by atoms with Gasteiger partial charge in [-0.25, -0.2) is 0 Å². The molecule has 2 rings (SSSR count). The lowest BCUT2D eigenvalue weighted by Crippen LogP contribution is -2.44. The van der Waals surface area contributed by atoms with Gasteiger partial charge in [0.1, 0.15) is 6.54 Å². The Labute approximate surface area is 151 Å². The highest BCUT2D eigenvalue weighted by Gasteiger charge is 2.11. The van der Waals surface area contributed by atoms with Crippen molar-refractivity contribution in [3.05, 3.63) is 69.6 Å². The summed E-state index contributed by atoms with van der Waals surface area (Å²) < 4.78 is 1.21. The maximum Gasteiger partial charge on any atom is 0.258 e. The molecule has 2 N–H and O–H groups in total. The highest BCUT2D eigenvalue weighted by atomic mass is 16.2. The number of ketones is 1. The number of rotatable bonds is 6. The number of carbonyl (C=O) groups excluding carboxylic acids is 3. The van der Waals surface area contributed by atoms with Gasteiger partial charge in [-0.3, -0.25) is 30.0 Å². The number of aryl methyl sites for hydroxylation is 2. The minimum atomic E-state index is -0.535. The summed E-state index contributed by atoms with van der Waals surface area (Å²) in [5.41, 5.74) is 6.84. The molecule has 0 saturated heterocycles. The number of pyridine rings is 1. The quantitative estimate of drug-likeness (QED) is 0.602. The SMILES string of the molecule is Cc1ccc(C(=O)CCC(=O)NNC(=O)Cn2ccccc2=O)cc1C. The number of hydrazine groups is 1.